The molecule has 1 aliphatic heterocycles. The van der Waals surface area contributed by atoms with Gasteiger partial charge in [-0.15, -0.1) is 0 Å². The number of pyridine rings is 1. The number of nitrogens with zero attached hydrogens (tertiary/aromatic N) is 2. The zero-order valence-corrected chi connectivity index (χ0v) is 17.1. The Morgan fingerprint density at radius 2 is 1.87 bits per heavy atom. The molecule has 0 bridgehead atoms. The number of para-hydroxylation sites is 1. The van der Waals surface area contributed by atoms with Gasteiger partial charge in [0.1, 0.15) is 11.6 Å². The van der Waals surface area contributed by atoms with Gasteiger partial charge in [-0.2, -0.15) is 0 Å². The van der Waals surface area contributed by atoms with Gasteiger partial charge in [0, 0.05) is 44.1 Å². The number of hydrogen-bond acceptors (Lipinski definition) is 4. The monoisotopic (exact) mass is 420 g/mol. The second-order valence-corrected chi connectivity index (χ2v) is 7.56. The highest BCUT2D eigenvalue weighted by atomic mass is 19.1. The van der Waals surface area contributed by atoms with Gasteiger partial charge >= 0.3 is 6.03 Å². The number of urea groups is 1. The molecule has 6 nitrogen and oxygen atoms in total. The Kier molecular flexibility index (Phi) is 6.62. The summed E-state index contributed by atoms with van der Waals surface area (Å²) >= 11 is 0. The number of amides is 2. The minimum Gasteiger partial charge on any atom is -0.439 e. The summed E-state index contributed by atoms with van der Waals surface area (Å²) in [6.45, 7) is 2.98. The first-order valence-corrected chi connectivity index (χ1v) is 10.4. The van der Waals surface area contributed by atoms with Crippen LogP contribution in [0, 0.1) is 11.7 Å². The summed E-state index contributed by atoms with van der Waals surface area (Å²) in [6.07, 6.45) is 2.71. The topological polar surface area (TPSA) is 66.5 Å². The number of halogens is 1. The Morgan fingerprint density at radius 1 is 1.06 bits per heavy atom. The minimum absolute atomic E-state index is 0.190. The zero-order chi connectivity index (χ0) is 21.5. The molecule has 7 heteroatoms. The molecule has 0 radical (unpaired) electrons. The van der Waals surface area contributed by atoms with Crippen LogP contribution in [0.15, 0.2) is 72.9 Å². The van der Waals surface area contributed by atoms with Crippen LogP contribution in [0.2, 0.25) is 0 Å². The molecule has 1 fully saturated rings. The molecular weight excluding hydrogens is 395 g/mol. The number of nitrogens with one attached hydrogen (secondary N) is 2. The summed E-state index contributed by atoms with van der Waals surface area (Å²) in [5, 5.41) is 5.82. The fraction of sp³-hybridized carbons (Fsp3) is 0.250. The van der Waals surface area contributed by atoms with Gasteiger partial charge in [-0.05, 0) is 54.3 Å². The lowest BCUT2D eigenvalue weighted by molar-refractivity contribution is 0.239. The standard InChI is InChI=1S/C24H25FN4O2/c25-20-7-9-22(10-8-20)31-23-11-6-18(14-26-23)15-27-24(30)28-16-19-12-13-29(17-19)21-4-2-1-3-5-21/h1-11,14,19H,12-13,15-17H2,(H2,27,28,30). The molecule has 2 heterocycles. The molecule has 0 spiro atoms. The van der Waals surface area contributed by atoms with Crippen LogP contribution in [0.3, 0.4) is 0 Å². The SMILES string of the molecule is O=C(NCc1ccc(Oc2ccc(F)cc2)nc1)NCC1CCN(c2ccccc2)C1. The van der Waals surface area contributed by atoms with Gasteiger partial charge in [0.05, 0.1) is 0 Å². The van der Waals surface area contributed by atoms with Crippen molar-refractivity contribution in [2.45, 2.75) is 13.0 Å². The quantitative estimate of drug-likeness (QED) is 0.597. The van der Waals surface area contributed by atoms with Crippen molar-refractivity contribution >= 4 is 11.7 Å². The number of anilines is 1. The van der Waals surface area contributed by atoms with Crippen LogP contribution in [-0.2, 0) is 6.54 Å². The molecule has 2 amide bonds. The van der Waals surface area contributed by atoms with Crippen LogP contribution >= 0.6 is 0 Å². The van der Waals surface area contributed by atoms with Crippen molar-refractivity contribution < 1.29 is 13.9 Å². The largest absolute Gasteiger partial charge is 0.439 e. The lowest BCUT2D eigenvalue weighted by Crippen LogP contribution is -2.38. The average molecular weight is 420 g/mol. The lowest BCUT2D eigenvalue weighted by atomic mass is 10.1. The van der Waals surface area contributed by atoms with Crippen molar-refractivity contribution in [3.8, 4) is 11.6 Å². The molecule has 1 aliphatic rings. The Bertz CT molecular complexity index is 981. The third-order valence-corrected chi connectivity index (χ3v) is 5.25. The number of rotatable bonds is 7. The third-order valence-electron chi connectivity index (χ3n) is 5.25. The molecule has 1 atom stereocenters. The van der Waals surface area contributed by atoms with Gasteiger partial charge in [-0.1, -0.05) is 24.3 Å². The first-order valence-electron chi connectivity index (χ1n) is 10.4. The number of hydrogen-bond donors (Lipinski definition) is 2. The predicted molar refractivity (Wildman–Crippen MR) is 118 cm³/mol. The highest BCUT2D eigenvalue weighted by Crippen LogP contribution is 2.23. The van der Waals surface area contributed by atoms with E-state index in [1.54, 1.807) is 24.4 Å². The van der Waals surface area contributed by atoms with Gasteiger partial charge in [-0.25, -0.2) is 14.2 Å². The third kappa shape index (κ3) is 5.94. The van der Waals surface area contributed by atoms with Crippen LogP contribution in [-0.4, -0.2) is 30.6 Å². The molecule has 160 valence electrons. The number of aromatic nitrogens is 1. The summed E-state index contributed by atoms with van der Waals surface area (Å²) in [5.41, 5.74) is 2.09. The summed E-state index contributed by atoms with van der Waals surface area (Å²) in [4.78, 5) is 18.7. The molecule has 4 rings (SSSR count). The van der Waals surface area contributed by atoms with E-state index in [0.29, 0.717) is 30.6 Å². The molecule has 3 aromatic rings. The molecular formula is C24H25FN4O2. The maximum Gasteiger partial charge on any atom is 0.315 e. The fourth-order valence-electron chi connectivity index (χ4n) is 3.55. The van der Waals surface area contributed by atoms with Gasteiger partial charge in [0.25, 0.3) is 0 Å². The molecule has 1 saturated heterocycles. The van der Waals surface area contributed by atoms with Gasteiger partial charge in [0.15, 0.2) is 0 Å². The van der Waals surface area contributed by atoms with E-state index in [1.165, 1.54) is 17.8 Å². The number of carbonyl (C=O) groups is 1. The van der Waals surface area contributed by atoms with Crippen LogP contribution in [0.25, 0.3) is 0 Å². The molecule has 0 saturated carbocycles. The van der Waals surface area contributed by atoms with Crippen molar-refractivity contribution in [3.05, 3.63) is 84.3 Å². The molecule has 2 aromatic carbocycles. The van der Waals surface area contributed by atoms with Gasteiger partial charge in [0.2, 0.25) is 5.88 Å². The fourth-order valence-corrected chi connectivity index (χ4v) is 3.55. The Labute approximate surface area is 181 Å². The number of ether oxygens (including phenoxy) is 1. The summed E-state index contributed by atoms with van der Waals surface area (Å²) in [6, 6.07) is 19.5. The molecule has 31 heavy (non-hydrogen) atoms. The summed E-state index contributed by atoms with van der Waals surface area (Å²) in [7, 11) is 0. The highest BCUT2D eigenvalue weighted by molar-refractivity contribution is 5.73. The number of carbonyl (C=O) groups excluding carboxylic acids is 1. The predicted octanol–water partition coefficient (Wildman–Crippen LogP) is 4.34. The minimum atomic E-state index is -0.318. The van der Waals surface area contributed by atoms with Crippen molar-refractivity contribution in [2.75, 3.05) is 24.5 Å². The smallest absolute Gasteiger partial charge is 0.315 e. The lowest BCUT2D eigenvalue weighted by Gasteiger charge is -2.18. The van der Waals surface area contributed by atoms with Crippen LogP contribution in [0.1, 0.15) is 12.0 Å². The zero-order valence-electron chi connectivity index (χ0n) is 17.1. The van der Waals surface area contributed by atoms with Crippen molar-refractivity contribution in [2.24, 2.45) is 5.92 Å². The van der Waals surface area contributed by atoms with Crippen LogP contribution in [0.5, 0.6) is 11.6 Å². The molecule has 2 N–H and O–H groups in total. The summed E-state index contributed by atoms with van der Waals surface area (Å²) < 4.78 is 18.5. The van der Waals surface area contributed by atoms with E-state index >= 15 is 0 Å². The number of benzene rings is 2. The van der Waals surface area contributed by atoms with E-state index in [9.17, 15) is 9.18 Å². The van der Waals surface area contributed by atoms with E-state index in [2.05, 4.69) is 32.7 Å². The van der Waals surface area contributed by atoms with E-state index in [0.717, 1.165) is 25.1 Å². The Balaban J connectivity index is 1.17. The van der Waals surface area contributed by atoms with Crippen molar-refractivity contribution in [1.29, 1.82) is 0 Å². The van der Waals surface area contributed by atoms with E-state index < -0.39 is 0 Å². The Morgan fingerprint density at radius 3 is 2.61 bits per heavy atom. The van der Waals surface area contributed by atoms with E-state index in [4.69, 9.17) is 4.74 Å². The van der Waals surface area contributed by atoms with Crippen molar-refractivity contribution in [3.63, 3.8) is 0 Å². The average Bonchev–Trinajstić information content (AvgIpc) is 3.28. The highest BCUT2D eigenvalue weighted by Gasteiger charge is 2.22. The maximum absolute atomic E-state index is 12.9. The first kappa shape index (κ1) is 20.7. The van der Waals surface area contributed by atoms with Crippen molar-refractivity contribution in [1.82, 2.24) is 15.6 Å². The Hall–Kier alpha value is -3.61. The molecule has 0 aliphatic carbocycles. The van der Waals surface area contributed by atoms with E-state index in [1.807, 2.05) is 24.3 Å². The molecule has 1 aromatic heterocycles. The van der Waals surface area contributed by atoms with Crippen LogP contribution in [0.4, 0.5) is 14.9 Å². The summed E-state index contributed by atoms with van der Waals surface area (Å²) in [5.74, 6) is 1.04. The maximum atomic E-state index is 12.9. The van der Waals surface area contributed by atoms with Crippen LogP contribution < -0.4 is 20.3 Å². The first-order chi connectivity index (χ1) is 15.2. The molecule has 1 unspecified atom stereocenters. The van der Waals surface area contributed by atoms with Gasteiger partial charge in [-0.3, -0.25) is 0 Å². The normalized spacial score (nSPS) is 15.5. The van der Waals surface area contributed by atoms with E-state index in [-0.39, 0.29) is 11.8 Å². The second kappa shape index (κ2) is 9.93. The second-order valence-electron chi connectivity index (χ2n) is 7.56. The van der Waals surface area contributed by atoms with Gasteiger partial charge < -0.3 is 20.3 Å².